The number of piperazine rings is 1. The number of aryl methyl sites for hydroxylation is 1. The van der Waals surface area contributed by atoms with Crippen LogP contribution < -0.4 is 4.74 Å². The minimum Gasteiger partial charge on any atom is -0.497 e. The molecule has 2 saturated heterocycles. The van der Waals surface area contributed by atoms with Gasteiger partial charge >= 0.3 is 0 Å². The van der Waals surface area contributed by atoms with Crippen molar-refractivity contribution in [3.05, 3.63) is 89.1 Å². The minimum atomic E-state index is 0.610. The normalized spacial score (nSPS) is 19.7. The van der Waals surface area contributed by atoms with E-state index in [0.29, 0.717) is 12.1 Å². The molecule has 0 aliphatic carbocycles. The summed E-state index contributed by atoms with van der Waals surface area (Å²) in [6.07, 6.45) is 8.65. The maximum atomic E-state index is 6.51. The Morgan fingerprint density at radius 2 is 1.67 bits per heavy atom. The zero-order chi connectivity index (χ0) is 26.8. The van der Waals surface area contributed by atoms with Crippen LogP contribution in [0.1, 0.15) is 50.2 Å². The van der Waals surface area contributed by atoms with Crippen molar-refractivity contribution >= 4 is 22.5 Å². The van der Waals surface area contributed by atoms with Gasteiger partial charge in [-0.3, -0.25) is 9.80 Å². The third-order valence-corrected chi connectivity index (χ3v) is 9.14. The van der Waals surface area contributed by atoms with Crippen molar-refractivity contribution in [2.24, 2.45) is 0 Å². The van der Waals surface area contributed by atoms with Crippen molar-refractivity contribution in [2.75, 3.05) is 20.2 Å². The molecule has 3 heterocycles. The van der Waals surface area contributed by atoms with Crippen LogP contribution in [-0.2, 0) is 19.6 Å². The molecule has 0 spiro atoms. The number of unbranched alkanes of at least 4 members (excludes halogenated alkanes) is 2. The van der Waals surface area contributed by atoms with Crippen molar-refractivity contribution in [2.45, 2.75) is 70.7 Å². The van der Waals surface area contributed by atoms with Gasteiger partial charge < -0.3 is 9.30 Å². The van der Waals surface area contributed by atoms with Crippen molar-refractivity contribution in [1.82, 2.24) is 14.4 Å². The van der Waals surface area contributed by atoms with Crippen LogP contribution in [0.25, 0.3) is 22.0 Å². The number of methoxy groups -OCH3 is 1. The summed E-state index contributed by atoms with van der Waals surface area (Å²) in [4.78, 5) is 5.39. The number of likely N-dealkylation sites (tertiary alicyclic amines) is 1. The van der Waals surface area contributed by atoms with E-state index < -0.39 is 0 Å². The molecule has 6 rings (SSSR count). The van der Waals surface area contributed by atoms with Gasteiger partial charge in [-0.1, -0.05) is 67.8 Å². The van der Waals surface area contributed by atoms with Gasteiger partial charge in [0.25, 0.3) is 0 Å². The summed E-state index contributed by atoms with van der Waals surface area (Å²) >= 11 is 6.51. The zero-order valence-corrected chi connectivity index (χ0v) is 24.0. The lowest BCUT2D eigenvalue weighted by Crippen LogP contribution is -2.52. The molecule has 0 saturated carbocycles. The molecule has 4 nitrogen and oxygen atoms in total. The second-order valence-electron chi connectivity index (χ2n) is 11.4. The van der Waals surface area contributed by atoms with Gasteiger partial charge in [-0.25, -0.2) is 0 Å². The third kappa shape index (κ3) is 5.61. The summed E-state index contributed by atoms with van der Waals surface area (Å²) < 4.78 is 7.88. The topological polar surface area (TPSA) is 20.6 Å². The first-order chi connectivity index (χ1) is 19.1. The molecule has 2 aliphatic rings. The lowest BCUT2D eigenvalue weighted by molar-refractivity contribution is 0.0567. The predicted octanol–water partition coefficient (Wildman–Crippen LogP) is 8.01. The van der Waals surface area contributed by atoms with Gasteiger partial charge in [0.2, 0.25) is 0 Å². The van der Waals surface area contributed by atoms with Crippen LogP contribution in [-0.4, -0.2) is 46.6 Å². The molecule has 2 unspecified atom stereocenters. The predicted molar refractivity (Wildman–Crippen MR) is 163 cm³/mol. The Bertz CT molecular complexity index is 1400. The van der Waals surface area contributed by atoms with Crippen LogP contribution in [0.4, 0.5) is 0 Å². The number of fused-ring (bicyclic) bond motifs is 3. The number of hydrogen-bond donors (Lipinski definition) is 0. The molecule has 0 amide bonds. The Kier molecular flexibility index (Phi) is 7.97. The summed E-state index contributed by atoms with van der Waals surface area (Å²) in [6.45, 7) is 7.56. The van der Waals surface area contributed by atoms with Crippen LogP contribution in [0.5, 0.6) is 5.75 Å². The summed E-state index contributed by atoms with van der Waals surface area (Å²) in [5.41, 5.74) is 6.56. The maximum absolute atomic E-state index is 6.51. The molecular weight excluding hydrogens is 502 g/mol. The number of aromatic nitrogens is 1. The number of ether oxygens (including phenoxy) is 1. The molecule has 0 N–H and O–H groups in total. The highest BCUT2D eigenvalue weighted by molar-refractivity contribution is 6.31. The Morgan fingerprint density at radius 3 is 2.38 bits per heavy atom. The van der Waals surface area contributed by atoms with Gasteiger partial charge in [0.05, 0.1) is 7.11 Å². The molecule has 39 heavy (non-hydrogen) atoms. The molecule has 2 bridgehead atoms. The molecule has 1 aromatic heterocycles. The number of nitrogens with zero attached hydrogens (tertiary/aromatic N) is 3. The van der Waals surface area contributed by atoms with E-state index in [9.17, 15) is 0 Å². The van der Waals surface area contributed by atoms with Crippen LogP contribution in [0, 0.1) is 0 Å². The number of benzene rings is 3. The van der Waals surface area contributed by atoms with Crippen LogP contribution in [0.15, 0.2) is 72.9 Å². The highest BCUT2D eigenvalue weighted by Crippen LogP contribution is 2.35. The highest BCUT2D eigenvalue weighted by Gasteiger charge is 2.39. The third-order valence-electron chi connectivity index (χ3n) is 8.78. The van der Waals surface area contributed by atoms with E-state index in [0.717, 1.165) is 43.5 Å². The zero-order valence-electron chi connectivity index (χ0n) is 23.3. The molecule has 4 aromatic rings. The fourth-order valence-corrected chi connectivity index (χ4v) is 6.90. The number of hydrogen-bond acceptors (Lipinski definition) is 3. The average Bonchev–Trinajstić information content (AvgIpc) is 3.42. The smallest absolute Gasteiger partial charge is 0.118 e. The monoisotopic (exact) mass is 541 g/mol. The van der Waals surface area contributed by atoms with Crippen molar-refractivity contribution < 1.29 is 4.74 Å². The average molecular weight is 542 g/mol. The van der Waals surface area contributed by atoms with Crippen LogP contribution >= 0.6 is 11.6 Å². The molecule has 5 heteroatoms. The first-order valence-electron chi connectivity index (χ1n) is 14.6. The van der Waals surface area contributed by atoms with Crippen LogP contribution in [0.3, 0.4) is 0 Å². The summed E-state index contributed by atoms with van der Waals surface area (Å²) in [5.74, 6) is 0.898. The second kappa shape index (κ2) is 11.8. The fraction of sp³-hybridized carbons (Fsp3) is 0.412. The van der Waals surface area contributed by atoms with Gasteiger partial charge in [0.15, 0.2) is 0 Å². The molecule has 2 aliphatic heterocycles. The highest BCUT2D eigenvalue weighted by atomic mass is 35.5. The van der Waals surface area contributed by atoms with E-state index in [4.69, 9.17) is 16.3 Å². The quantitative estimate of drug-likeness (QED) is 0.190. The second-order valence-corrected chi connectivity index (χ2v) is 11.8. The van der Waals surface area contributed by atoms with Gasteiger partial charge in [-0.05, 0) is 66.3 Å². The molecule has 2 atom stereocenters. The summed E-state index contributed by atoms with van der Waals surface area (Å²) in [7, 11) is 1.73. The first-order valence-corrected chi connectivity index (χ1v) is 15.0. The Balaban J connectivity index is 1.22. The van der Waals surface area contributed by atoms with Gasteiger partial charge in [-0.15, -0.1) is 0 Å². The van der Waals surface area contributed by atoms with Crippen molar-refractivity contribution in [1.29, 1.82) is 0 Å². The lowest BCUT2D eigenvalue weighted by Gasteiger charge is -2.41. The number of halogens is 1. The first kappa shape index (κ1) is 26.4. The standard InChI is InChI=1S/C34H40ClN3O/c1-3-4-7-18-37-24-32(26-11-15-30(39-2)16-12-26)31-19-25(10-17-34(31)37)20-36-22-28-13-14-29(23-36)38(28)21-27-8-5-6-9-33(27)35/h5-6,8-12,15-17,19,24,28-29H,3-4,7,13-14,18,20-23H2,1-2H3. The molecule has 0 radical (unpaired) electrons. The molecule has 2 fully saturated rings. The molecular formula is C34H40ClN3O. The summed E-state index contributed by atoms with van der Waals surface area (Å²) in [5, 5.41) is 2.25. The number of rotatable bonds is 10. The van der Waals surface area contributed by atoms with E-state index in [-0.39, 0.29) is 0 Å². The SMILES string of the molecule is CCCCCn1cc(-c2ccc(OC)cc2)c2cc(CN3CC4CCC(C3)N4Cc3ccccc3Cl)ccc21. The van der Waals surface area contributed by atoms with E-state index >= 15 is 0 Å². The van der Waals surface area contributed by atoms with Gasteiger partial charge in [-0.2, -0.15) is 0 Å². The van der Waals surface area contributed by atoms with Gasteiger partial charge in [0.1, 0.15) is 5.75 Å². The Morgan fingerprint density at radius 1 is 0.897 bits per heavy atom. The maximum Gasteiger partial charge on any atom is 0.118 e. The van der Waals surface area contributed by atoms with E-state index in [1.54, 1.807) is 7.11 Å². The largest absolute Gasteiger partial charge is 0.497 e. The fourth-order valence-electron chi connectivity index (χ4n) is 6.71. The Hall–Kier alpha value is -2.79. The van der Waals surface area contributed by atoms with E-state index in [1.807, 2.05) is 12.1 Å². The van der Waals surface area contributed by atoms with Crippen molar-refractivity contribution in [3.8, 4) is 16.9 Å². The Labute approximate surface area is 238 Å². The lowest BCUT2D eigenvalue weighted by atomic mass is 10.0. The van der Waals surface area contributed by atoms with E-state index in [2.05, 4.69) is 82.1 Å². The van der Waals surface area contributed by atoms with Crippen LogP contribution in [0.2, 0.25) is 5.02 Å². The molecule has 204 valence electrons. The molecule has 3 aromatic carbocycles. The van der Waals surface area contributed by atoms with Crippen molar-refractivity contribution in [3.63, 3.8) is 0 Å². The van der Waals surface area contributed by atoms with E-state index in [1.165, 1.54) is 65.3 Å². The van der Waals surface area contributed by atoms with Gasteiger partial charge in [0, 0.05) is 72.5 Å². The summed E-state index contributed by atoms with van der Waals surface area (Å²) in [6, 6.07) is 25.2. The minimum absolute atomic E-state index is 0.610.